The average molecular weight is 268 g/mol. The van der Waals surface area contributed by atoms with Crippen molar-refractivity contribution in [1.82, 2.24) is 9.55 Å². The lowest BCUT2D eigenvalue weighted by Crippen LogP contribution is -2.41. The molecule has 0 spiro atoms. The van der Waals surface area contributed by atoms with Crippen molar-refractivity contribution in [2.75, 3.05) is 0 Å². The van der Waals surface area contributed by atoms with Crippen LogP contribution in [0.15, 0.2) is 42.7 Å². The number of imidazole rings is 1. The molecule has 0 N–H and O–H groups in total. The number of hydrogen-bond acceptors (Lipinski definition) is 2. The molecule has 1 fully saturated rings. The Morgan fingerprint density at radius 3 is 2.45 bits per heavy atom. The summed E-state index contributed by atoms with van der Waals surface area (Å²) in [6.45, 7) is 1.89. The van der Waals surface area contributed by atoms with Crippen LogP contribution in [0.25, 0.3) is 0 Å². The smallest absolute Gasteiger partial charge is 0.242 e. The highest BCUT2D eigenvalue weighted by atomic mass is 16.2. The molecule has 2 aromatic rings. The van der Waals surface area contributed by atoms with E-state index in [0.29, 0.717) is 0 Å². The molecule has 0 unspecified atom stereocenters. The molecular formula is C17H20N2O. The van der Waals surface area contributed by atoms with Gasteiger partial charge in [0, 0.05) is 12.4 Å². The van der Waals surface area contributed by atoms with E-state index >= 15 is 0 Å². The van der Waals surface area contributed by atoms with Crippen LogP contribution in [0.1, 0.15) is 48.3 Å². The summed E-state index contributed by atoms with van der Waals surface area (Å²) < 4.78 is 1.72. The van der Waals surface area contributed by atoms with Gasteiger partial charge >= 0.3 is 0 Å². The number of aromatic nitrogens is 2. The van der Waals surface area contributed by atoms with E-state index in [0.717, 1.165) is 37.1 Å². The van der Waals surface area contributed by atoms with Gasteiger partial charge in [0.15, 0.2) is 0 Å². The van der Waals surface area contributed by atoms with E-state index in [1.165, 1.54) is 6.42 Å². The second-order valence-corrected chi connectivity index (χ2v) is 5.66. The summed E-state index contributed by atoms with van der Waals surface area (Å²) >= 11 is 0. The van der Waals surface area contributed by atoms with Gasteiger partial charge in [0.05, 0.1) is 5.41 Å². The Labute approximate surface area is 119 Å². The zero-order valence-corrected chi connectivity index (χ0v) is 11.9. The van der Waals surface area contributed by atoms with Gasteiger partial charge in [0.25, 0.3) is 0 Å². The molecule has 1 aromatic heterocycles. The van der Waals surface area contributed by atoms with Gasteiger partial charge in [0.1, 0.15) is 5.82 Å². The van der Waals surface area contributed by atoms with Crippen molar-refractivity contribution >= 4 is 5.91 Å². The predicted molar refractivity (Wildman–Crippen MR) is 78.8 cm³/mol. The van der Waals surface area contributed by atoms with Gasteiger partial charge in [-0.05, 0) is 25.3 Å². The average Bonchev–Trinajstić information content (AvgIpc) is 2.94. The first kappa shape index (κ1) is 13.1. The summed E-state index contributed by atoms with van der Waals surface area (Å²) in [4.78, 5) is 17.3. The second kappa shape index (κ2) is 5.23. The fraction of sp³-hybridized carbons (Fsp3) is 0.412. The minimum Gasteiger partial charge on any atom is -0.273 e. The van der Waals surface area contributed by atoms with Crippen molar-refractivity contribution in [2.45, 2.75) is 44.4 Å². The van der Waals surface area contributed by atoms with Crippen molar-refractivity contribution in [3.63, 3.8) is 0 Å². The fourth-order valence-electron chi connectivity index (χ4n) is 3.36. The van der Waals surface area contributed by atoms with Gasteiger partial charge in [-0.25, -0.2) is 4.98 Å². The molecule has 3 nitrogen and oxygen atoms in total. The Hall–Kier alpha value is -1.90. The summed E-state index contributed by atoms with van der Waals surface area (Å²) in [5.74, 6) is 0.953. The maximum atomic E-state index is 13.1. The maximum Gasteiger partial charge on any atom is 0.242 e. The molecule has 1 aromatic carbocycles. The van der Waals surface area contributed by atoms with Crippen LogP contribution in [0.5, 0.6) is 0 Å². The minimum atomic E-state index is -0.370. The molecule has 0 radical (unpaired) electrons. The molecule has 0 amide bonds. The third-order valence-electron chi connectivity index (χ3n) is 4.49. The summed E-state index contributed by atoms with van der Waals surface area (Å²) in [6, 6.07) is 10.2. The Kier molecular flexibility index (Phi) is 3.43. The normalized spacial score (nSPS) is 17.9. The van der Waals surface area contributed by atoms with Crippen LogP contribution in [0.2, 0.25) is 0 Å². The van der Waals surface area contributed by atoms with E-state index in [-0.39, 0.29) is 11.3 Å². The number of carbonyl (C=O) groups is 1. The van der Waals surface area contributed by atoms with Gasteiger partial charge in [-0.3, -0.25) is 9.36 Å². The molecule has 1 aliphatic rings. The molecule has 20 heavy (non-hydrogen) atoms. The molecule has 1 aliphatic carbocycles. The van der Waals surface area contributed by atoms with Gasteiger partial charge < -0.3 is 0 Å². The number of hydrogen-bond donors (Lipinski definition) is 0. The van der Waals surface area contributed by atoms with Crippen LogP contribution in [-0.2, 0) is 5.41 Å². The molecule has 0 bridgehead atoms. The number of rotatable bonds is 2. The lowest BCUT2D eigenvalue weighted by atomic mass is 9.68. The number of aryl methyl sites for hydroxylation is 1. The second-order valence-electron chi connectivity index (χ2n) is 5.66. The minimum absolute atomic E-state index is 0.179. The van der Waals surface area contributed by atoms with E-state index in [9.17, 15) is 4.79 Å². The van der Waals surface area contributed by atoms with Crippen molar-refractivity contribution in [1.29, 1.82) is 0 Å². The quantitative estimate of drug-likeness (QED) is 0.831. The molecule has 1 heterocycles. The molecule has 0 atom stereocenters. The van der Waals surface area contributed by atoms with Gasteiger partial charge in [-0.2, -0.15) is 0 Å². The molecular weight excluding hydrogens is 248 g/mol. The summed E-state index contributed by atoms with van der Waals surface area (Å²) in [7, 11) is 0. The zero-order valence-electron chi connectivity index (χ0n) is 11.9. The topological polar surface area (TPSA) is 34.9 Å². The van der Waals surface area contributed by atoms with Gasteiger partial charge in [-0.15, -0.1) is 0 Å². The number of benzene rings is 1. The van der Waals surface area contributed by atoms with Gasteiger partial charge in [-0.1, -0.05) is 49.6 Å². The first-order chi connectivity index (χ1) is 9.74. The molecule has 3 rings (SSSR count). The highest BCUT2D eigenvalue weighted by Crippen LogP contribution is 2.40. The summed E-state index contributed by atoms with van der Waals surface area (Å²) in [5.41, 5.74) is 0.781. The monoisotopic (exact) mass is 268 g/mol. The van der Waals surface area contributed by atoms with Crippen molar-refractivity contribution in [3.05, 3.63) is 54.1 Å². The van der Waals surface area contributed by atoms with Crippen LogP contribution in [0.4, 0.5) is 0 Å². The molecule has 1 saturated carbocycles. The third kappa shape index (κ3) is 2.07. The Balaban J connectivity index is 2.07. The van der Waals surface area contributed by atoms with E-state index in [2.05, 4.69) is 17.1 Å². The van der Waals surface area contributed by atoms with Crippen LogP contribution in [0, 0.1) is 6.92 Å². The first-order valence-corrected chi connectivity index (χ1v) is 7.34. The van der Waals surface area contributed by atoms with Gasteiger partial charge in [0.2, 0.25) is 5.91 Å². The SMILES string of the molecule is Cc1nccn1C(=O)C1(c2ccccc2)CCCCC1. The van der Waals surface area contributed by atoms with Crippen molar-refractivity contribution < 1.29 is 4.79 Å². The van der Waals surface area contributed by atoms with Crippen LogP contribution in [-0.4, -0.2) is 15.5 Å². The van der Waals surface area contributed by atoms with E-state index in [4.69, 9.17) is 0 Å². The number of nitrogens with zero attached hydrogens (tertiary/aromatic N) is 2. The van der Waals surface area contributed by atoms with Crippen LogP contribution < -0.4 is 0 Å². The molecule has 0 aliphatic heterocycles. The maximum absolute atomic E-state index is 13.1. The fourth-order valence-corrected chi connectivity index (χ4v) is 3.36. The largest absolute Gasteiger partial charge is 0.273 e. The van der Waals surface area contributed by atoms with Crippen molar-refractivity contribution in [3.8, 4) is 0 Å². The third-order valence-corrected chi connectivity index (χ3v) is 4.49. The van der Waals surface area contributed by atoms with Crippen molar-refractivity contribution in [2.24, 2.45) is 0 Å². The molecule has 3 heteroatoms. The lowest BCUT2D eigenvalue weighted by molar-refractivity contribution is 0.0745. The Bertz CT molecular complexity index is 594. The van der Waals surface area contributed by atoms with Crippen LogP contribution >= 0.6 is 0 Å². The van der Waals surface area contributed by atoms with Crippen LogP contribution in [0.3, 0.4) is 0 Å². The highest BCUT2D eigenvalue weighted by molar-refractivity contribution is 5.90. The van der Waals surface area contributed by atoms with E-state index < -0.39 is 0 Å². The first-order valence-electron chi connectivity index (χ1n) is 7.34. The standard InChI is InChI=1S/C17H20N2O/c1-14-18-12-13-19(14)16(20)17(10-6-3-7-11-17)15-8-4-2-5-9-15/h2,4-5,8-9,12-13H,3,6-7,10-11H2,1H3. The van der Waals surface area contributed by atoms with E-state index in [1.54, 1.807) is 17.0 Å². The predicted octanol–water partition coefficient (Wildman–Crippen LogP) is 3.73. The molecule has 0 saturated heterocycles. The van der Waals surface area contributed by atoms with E-state index in [1.807, 2.05) is 25.1 Å². The number of carbonyl (C=O) groups excluding carboxylic acids is 1. The Morgan fingerprint density at radius 1 is 1.15 bits per heavy atom. The Morgan fingerprint density at radius 2 is 1.85 bits per heavy atom. The highest BCUT2D eigenvalue weighted by Gasteiger charge is 2.42. The lowest BCUT2D eigenvalue weighted by Gasteiger charge is -2.36. The zero-order chi connectivity index (χ0) is 14.0. The summed E-state index contributed by atoms with van der Waals surface area (Å²) in [6.07, 6.45) is 8.83. The molecule has 104 valence electrons. The summed E-state index contributed by atoms with van der Waals surface area (Å²) in [5, 5.41) is 0.